The topological polar surface area (TPSA) is 198 Å². The van der Waals surface area contributed by atoms with Crippen LogP contribution in [0.4, 0.5) is 0 Å². The first-order valence-corrected chi connectivity index (χ1v) is 27.8. The van der Waals surface area contributed by atoms with E-state index in [4.69, 9.17) is 18.7 Å². The Morgan fingerprint density at radius 2 is 0.906 bits per heavy atom. The number of carbonyl (C=O) groups is 3. The second-order valence-electron chi connectivity index (χ2n) is 18.6. The molecule has 1 heterocycles. The molecule has 0 radical (unpaired) electrons. The predicted molar refractivity (Wildman–Crippen MR) is 254 cm³/mol. The van der Waals surface area contributed by atoms with Gasteiger partial charge in [-0.05, 0) is 19.3 Å². The van der Waals surface area contributed by atoms with Gasteiger partial charge in [0.1, 0.15) is 18.2 Å². The highest BCUT2D eigenvalue weighted by Gasteiger charge is 2.53. The zero-order chi connectivity index (χ0) is 47.1. The maximum atomic E-state index is 13.5. The minimum absolute atomic E-state index is 0.000432. The number of unbranched alkanes of at least 4 members (excludes halogenated alkanes) is 30. The van der Waals surface area contributed by atoms with Gasteiger partial charge in [0.25, 0.3) is 0 Å². The third kappa shape index (κ3) is 33.0. The van der Waals surface area contributed by atoms with E-state index in [-0.39, 0.29) is 19.3 Å². The van der Waals surface area contributed by atoms with Gasteiger partial charge in [0.2, 0.25) is 12.2 Å². The molecule has 378 valence electrons. The van der Waals surface area contributed by atoms with Crippen molar-refractivity contribution in [3.05, 3.63) is 0 Å². The van der Waals surface area contributed by atoms with Crippen LogP contribution in [-0.4, -0.2) is 81.2 Å². The smallest absolute Gasteiger partial charge is 0.457 e. The fourth-order valence-electron chi connectivity index (χ4n) is 8.60. The van der Waals surface area contributed by atoms with Crippen LogP contribution in [0.2, 0.25) is 0 Å². The standard InChI is InChI=1S/C50H96NO12P/c1-4-7-10-13-16-18-20-22-24-26-29-31-34-37-42(53)40-44(54)51-47-49(61-45(55)38-35-32-28-15-12-9-6-3)48(63-64(57,58)59)43(41-52)60-50(47)62-46(56)39-36-33-30-27-25-23-21-19-17-14-11-8-5-2/h42-43,47-50,52-53H,4-41H2,1-3H3,(H,51,54)(H2,57,58,59)/t42-,43-,47-,48-,49-,50-/m1/s1. The lowest BCUT2D eigenvalue weighted by atomic mass is 9.96. The van der Waals surface area contributed by atoms with E-state index in [1.807, 2.05) is 0 Å². The highest BCUT2D eigenvalue weighted by atomic mass is 31.2. The zero-order valence-electron chi connectivity index (χ0n) is 40.8. The molecule has 1 aliphatic rings. The first-order valence-electron chi connectivity index (χ1n) is 26.3. The number of esters is 2. The van der Waals surface area contributed by atoms with E-state index in [2.05, 4.69) is 26.1 Å². The third-order valence-electron chi connectivity index (χ3n) is 12.5. The van der Waals surface area contributed by atoms with Crippen LogP contribution in [0.15, 0.2) is 0 Å². The van der Waals surface area contributed by atoms with Gasteiger partial charge in [-0.1, -0.05) is 220 Å². The molecule has 0 bridgehead atoms. The summed E-state index contributed by atoms with van der Waals surface area (Å²) >= 11 is 0. The van der Waals surface area contributed by atoms with Crippen LogP contribution in [0.3, 0.4) is 0 Å². The van der Waals surface area contributed by atoms with Crippen LogP contribution in [-0.2, 0) is 37.7 Å². The fraction of sp³-hybridized carbons (Fsp3) is 0.940. The molecule has 0 saturated carbocycles. The van der Waals surface area contributed by atoms with Crippen molar-refractivity contribution in [3.63, 3.8) is 0 Å². The number of phosphoric acid groups is 1. The Morgan fingerprint density at radius 1 is 0.547 bits per heavy atom. The number of phosphoric ester groups is 1. The largest absolute Gasteiger partial charge is 0.470 e. The Labute approximate surface area is 389 Å². The molecule has 5 N–H and O–H groups in total. The molecule has 0 aliphatic carbocycles. The summed E-state index contributed by atoms with van der Waals surface area (Å²) in [5.41, 5.74) is 0. The average Bonchev–Trinajstić information content (AvgIpc) is 3.25. The highest BCUT2D eigenvalue weighted by molar-refractivity contribution is 7.46. The fourth-order valence-corrected chi connectivity index (χ4v) is 9.17. The molecule has 1 rings (SSSR count). The molecule has 13 nitrogen and oxygen atoms in total. The lowest BCUT2D eigenvalue weighted by Gasteiger charge is -2.44. The molecule has 0 aromatic heterocycles. The Kier molecular flexibility index (Phi) is 38.2. The number of rotatable bonds is 44. The van der Waals surface area contributed by atoms with Crippen molar-refractivity contribution in [3.8, 4) is 0 Å². The molecule has 1 saturated heterocycles. The highest BCUT2D eigenvalue weighted by Crippen LogP contribution is 2.42. The van der Waals surface area contributed by atoms with E-state index in [1.54, 1.807) is 0 Å². The van der Waals surface area contributed by atoms with Gasteiger partial charge >= 0.3 is 19.8 Å². The second kappa shape index (κ2) is 40.5. The number of carbonyl (C=O) groups excluding carboxylic acids is 3. The van der Waals surface area contributed by atoms with Crippen LogP contribution in [0.25, 0.3) is 0 Å². The average molecular weight is 934 g/mol. The second-order valence-corrected chi connectivity index (χ2v) is 19.8. The van der Waals surface area contributed by atoms with Crippen molar-refractivity contribution in [2.45, 2.75) is 295 Å². The normalized spacial score (nSPS) is 19.4. The summed E-state index contributed by atoms with van der Waals surface area (Å²) in [4.78, 5) is 59.8. The molecule has 0 unspecified atom stereocenters. The van der Waals surface area contributed by atoms with Gasteiger partial charge in [-0.2, -0.15) is 0 Å². The Hall–Kier alpha value is -1.60. The van der Waals surface area contributed by atoms with Crippen molar-refractivity contribution in [1.29, 1.82) is 0 Å². The quantitative estimate of drug-likeness (QED) is 0.0220. The molecule has 64 heavy (non-hydrogen) atoms. The van der Waals surface area contributed by atoms with Crippen LogP contribution < -0.4 is 5.32 Å². The minimum Gasteiger partial charge on any atom is -0.457 e. The molecule has 1 amide bonds. The molecular weight excluding hydrogens is 838 g/mol. The Morgan fingerprint density at radius 3 is 1.28 bits per heavy atom. The number of aliphatic hydroxyl groups excluding tert-OH is 2. The summed E-state index contributed by atoms with van der Waals surface area (Å²) in [5, 5.41) is 23.8. The van der Waals surface area contributed by atoms with Crippen molar-refractivity contribution in [2.75, 3.05) is 6.61 Å². The Bertz CT molecular complexity index is 1190. The summed E-state index contributed by atoms with van der Waals surface area (Å²) in [5.74, 6) is -1.98. The van der Waals surface area contributed by atoms with Crippen molar-refractivity contribution >= 4 is 25.7 Å². The number of hydrogen-bond donors (Lipinski definition) is 5. The van der Waals surface area contributed by atoms with E-state index in [1.165, 1.54) is 109 Å². The van der Waals surface area contributed by atoms with Crippen LogP contribution in [0.5, 0.6) is 0 Å². The van der Waals surface area contributed by atoms with Crippen molar-refractivity contribution < 1.29 is 57.7 Å². The molecule has 1 aliphatic heterocycles. The molecule has 0 spiro atoms. The maximum Gasteiger partial charge on any atom is 0.470 e. The van der Waals surface area contributed by atoms with E-state index >= 15 is 0 Å². The maximum absolute atomic E-state index is 13.5. The monoisotopic (exact) mass is 934 g/mol. The molecular formula is C50H96NO12P. The van der Waals surface area contributed by atoms with E-state index in [0.717, 1.165) is 89.9 Å². The van der Waals surface area contributed by atoms with E-state index in [0.29, 0.717) is 19.3 Å². The van der Waals surface area contributed by atoms with Crippen LogP contribution in [0.1, 0.15) is 258 Å². The summed E-state index contributed by atoms with van der Waals surface area (Å²) in [6, 6.07) is -1.45. The van der Waals surface area contributed by atoms with E-state index in [9.17, 15) is 38.9 Å². The minimum atomic E-state index is -5.25. The first kappa shape index (κ1) is 60.4. The number of ether oxygens (including phenoxy) is 3. The molecule has 0 aromatic rings. The predicted octanol–water partition coefficient (Wildman–Crippen LogP) is 12.0. The van der Waals surface area contributed by atoms with Gasteiger partial charge < -0.3 is 39.5 Å². The van der Waals surface area contributed by atoms with Crippen molar-refractivity contribution in [2.24, 2.45) is 0 Å². The first-order chi connectivity index (χ1) is 30.9. The van der Waals surface area contributed by atoms with Gasteiger partial charge in [0.15, 0.2) is 6.10 Å². The summed E-state index contributed by atoms with van der Waals surface area (Å²) in [7, 11) is -5.25. The van der Waals surface area contributed by atoms with Crippen LogP contribution >= 0.6 is 7.82 Å². The van der Waals surface area contributed by atoms with Gasteiger partial charge in [0, 0.05) is 12.8 Å². The SMILES string of the molecule is CCCCCCCCCCCCCCCC(=O)O[C@H]1O[C@H](CO)[C@@H](OP(=O)(O)O)[C@H](OC(=O)CCCCCCCCC)[C@H]1NC(=O)C[C@H](O)CCCCCCCCCCCCCCC. The summed E-state index contributed by atoms with van der Waals surface area (Å²) in [6.45, 7) is 5.79. The lowest BCUT2D eigenvalue weighted by molar-refractivity contribution is -0.264. The van der Waals surface area contributed by atoms with Crippen LogP contribution in [0, 0.1) is 0 Å². The lowest BCUT2D eigenvalue weighted by Crippen LogP contribution is -2.66. The van der Waals surface area contributed by atoms with Gasteiger partial charge in [-0.3, -0.25) is 18.9 Å². The van der Waals surface area contributed by atoms with Crippen molar-refractivity contribution in [1.82, 2.24) is 5.32 Å². The van der Waals surface area contributed by atoms with Gasteiger partial charge in [-0.15, -0.1) is 0 Å². The van der Waals surface area contributed by atoms with Gasteiger partial charge in [0.05, 0.1) is 19.1 Å². The third-order valence-corrected chi connectivity index (χ3v) is 13.0. The summed E-state index contributed by atoms with van der Waals surface area (Å²) in [6.07, 6.45) is 29.8. The zero-order valence-corrected chi connectivity index (χ0v) is 41.7. The molecule has 1 fully saturated rings. The number of hydrogen-bond acceptors (Lipinski definition) is 10. The molecule has 0 aromatic carbocycles. The molecule has 6 atom stereocenters. The molecule has 14 heteroatoms. The van der Waals surface area contributed by atoms with E-state index < -0.39 is 69.0 Å². The summed E-state index contributed by atoms with van der Waals surface area (Å²) < 4.78 is 34.7. The number of amides is 1. The van der Waals surface area contributed by atoms with Gasteiger partial charge in [-0.25, -0.2) is 4.57 Å². The number of nitrogens with one attached hydrogen (secondary N) is 1. The number of aliphatic hydroxyl groups is 2. The Balaban J connectivity index is 2.88.